The number of benzene rings is 1. The number of hydrogen-bond donors (Lipinski definition) is 1. The van der Waals surface area contributed by atoms with E-state index in [4.69, 9.17) is 0 Å². The third kappa shape index (κ3) is 3.31. The van der Waals surface area contributed by atoms with Crippen molar-refractivity contribution >= 4 is 27.5 Å². The Balaban J connectivity index is 1.97. The summed E-state index contributed by atoms with van der Waals surface area (Å²) < 4.78 is 29.1. The van der Waals surface area contributed by atoms with E-state index in [0.717, 1.165) is 25.8 Å². The van der Waals surface area contributed by atoms with Crippen molar-refractivity contribution in [3.05, 3.63) is 23.8 Å². The first kappa shape index (κ1) is 17.0. The summed E-state index contributed by atoms with van der Waals surface area (Å²) in [7, 11) is -3.75. The summed E-state index contributed by atoms with van der Waals surface area (Å²) in [6, 6.07) is 4.88. The molecule has 1 fully saturated rings. The van der Waals surface area contributed by atoms with E-state index < -0.39 is 10.0 Å². The number of carbonyl (C=O) groups excluding carboxylic acids is 1. The molecular formula is C17H23N3O3S. The lowest BCUT2D eigenvalue weighted by atomic mass is 10.1. The first-order chi connectivity index (χ1) is 11.4. The summed E-state index contributed by atoms with van der Waals surface area (Å²) in [4.78, 5) is 14.3. The standard InChI is InChI=1S/C17H23N3O3S/c1-12(2)11-18-17(21)13-7-8-14-15(10-13)24(22,23)19-16-6-4-3-5-9-20(14)16/h7-8,10,12H,3-6,9,11H2,1-2H3,(H,18,21). The number of carbonyl (C=O) groups is 1. The number of fused-ring (bicyclic) bond motifs is 3. The van der Waals surface area contributed by atoms with Gasteiger partial charge in [-0.3, -0.25) is 4.79 Å². The van der Waals surface area contributed by atoms with Crippen LogP contribution in [-0.4, -0.2) is 33.3 Å². The van der Waals surface area contributed by atoms with Crippen LogP contribution in [0.4, 0.5) is 5.69 Å². The highest BCUT2D eigenvalue weighted by Crippen LogP contribution is 2.34. The van der Waals surface area contributed by atoms with Crippen LogP contribution in [0.3, 0.4) is 0 Å². The molecule has 1 aromatic rings. The fraction of sp³-hybridized carbons (Fsp3) is 0.529. The van der Waals surface area contributed by atoms with Crippen molar-refractivity contribution < 1.29 is 13.2 Å². The van der Waals surface area contributed by atoms with Gasteiger partial charge < -0.3 is 10.2 Å². The number of nitrogens with one attached hydrogen (secondary N) is 1. The minimum Gasteiger partial charge on any atom is -0.352 e. The molecule has 6 nitrogen and oxygen atoms in total. The molecule has 24 heavy (non-hydrogen) atoms. The van der Waals surface area contributed by atoms with Crippen LogP contribution in [0.2, 0.25) is 0 Å². The normalized spacial score (nSPS) is 19.1. The maximum Gasteiger partial charge on any atom is 0.286 e. The van der Waals surface area contributed by atoms with Crippen LogP contribution in [0, 0.1) is 5.92 Å². The molecule has 1 saturated heterocycles. The molecule has 1 N–H and O–H groups in total. The van der Waals surface area contributed by atoms with E-state index in [-0.39, 0.29) is 10.8 Å². The Bertz CT molecular complexity index is 784. The zero-order valence-electron chi connectivity index (χ0n) is 14.1. The summed E-state index contributed by atoms with van der Waals surface area (Å²) in [5, 5.41) is 2.82. The summed E-state index contributed by atoms with van der Waals surface area (Å²) in [6.45, 7) is 5.33. The minimum absolute atomic E-state index is 0.130. The van der Waals surface area contributed by atoms with Gasteiger partial charge in [0, 0.05) is 25.1 Å². The lowest BCUT2D eigenvalue weighted by Gasteiger charge is -2.29. The van der Waals surface area contributed by atoms with E-state index in [9.17, 15) is 13.2 Å². The topological polar surface area (TPSA) is 78.8 Å². The van der Waals surface area contributed by atoms with Crippen LogP contribution in [0.25, 0.3) is 0 Å². The van der Waals surface area contributed by atoms with Crippen LogP contribution < -0.4 is 10.2 Å². The van der Waals surface area contributed by atoms with Crippen molar-refractivity contribution in [2.75, 3.05) is 18.0 Å². The summed E-state index contributed by atoms with van der Waals surface area (Å²) in [5.74, 6) is 0.698. The predicted molar refractivity (Wildman–Crippen MR) is 94.0 cm³/mol. The Morgan fingerprint density at radius 2 is 2.08 bits per heavy atom. The summed E-state index contributed by atoms with van der Waals surface area (Å²) in [6.07, 6.45) is 3.71. The quantitative estimate of drug-likeness (QED) is 0.909. The van der Waals surface area contributed by atoms with Crippen LogP contribution in [0.1, 0.15) is 49.9 Å². The average Bonchev–Trinajstić information content (AvgIpc) is 2.77. The van der Waals surface area contributed by atoms with E-state index in [1.165, 1.54) is 6.07 Å². The van der Waals surface area contributed by atoms with Crippen molar-refractivity contribution in [1.82, 2.24) is 5.32 Å². The second kappa shape index (κ2) is 6.55. The number of sulfonamides is 1. The zero-order chi connectivity index (χ0) is 17.3. The Morgan fingerprint density at radius 1 is 1.29 bits per heavy atom. The second-order valence-corrected chi connectivity index (χ2v) is 8.30. The molecule has 7 heteroatoms. The number of hydrogen-bond acceptors (Lipinski definition) is 4. The van der Waals surface area contributed by atoms with Crippen LogP contribution in [0.15, 0.2) is 27.5 Å². The van der Waals surface area contributed by atoms with Gasteiger partial charge in [-0.1, -0.05) is 20.3 Å². The second-order valence-electron chi connectivity index (χ2n) is 6.73. The van der Waals surface area contributed by atoms with Crippen LogP contribution in [0.5, 0.6) is 0 Å². The molecule has 0 bridgehead atoms. The van der Waals surface area contributed by atoms with Gasteiger partial charge in [-0.15, -0.1) is 4.40 Å². The van der Waals surface area contributed by atoms with Crippen molar-refractivity contribution in [3.63, 3.8) is 0 Å². The van der Waals surface area contributed by atoms with Gasteiger partial charge in [-0.05, 0) is 37.0 Å². The fourth-order valence-electron chi connectivity index (χ4n) is 3.02. The Hall–Kier alpha value is -1.89. The summed E-state index contributed by atoms with van der Waals surface area (Å²) in [5.41, 5.74) is 0.994. The molecular weight excluding hydrogens is 326 g/mol. The molecule has 0 spiro atoms. The van der Waals surface area contributed by atoms with E-state index in [0.29, 0.717) is 36.0 Å². The van der Waals surface area contributed by atoms with E-state index in [1.807, 2.05) is 18.7 Å². The minimum atomic E-state index is -3.75. The first-order valence-corrected chi connectivity index (χ1v) is 9.86. The van der Waals surface area contributed by atoms with Gasteiger partial charge in [0.15, 0.2) is 0 Å². The van der Waals surface area contributed by atoms with Gasteiger partial charge in [0.05, 0.1) is 5.69 Å². The molecule has 0 aliphatic carbocycles. The number of nitrogens with zero attached hydrogens (tertiary/aromatic N) is 2. The van der Waals surface area contributed by atoms with Gasteiger partial charge in [0.25, 0.3) is 15.9 Å². The van der Waals surface area contributed by atoms with Gasteiger partial charge in [-0.2, -0.15) is 8.42 Å². The van der Waals surface area contributed by atoms with Gasteiger partial charge in [-0.25, -0.2) is 0 Å². The molecule has 2 aliphatic rings. The lowest BCUT2D eigenvalue weighted by molar-refractivity contribution is 0.0949. The highest BCUT2D eigenvalue weighted by molar-refractivity contribution is 7.90. The maximum atomic E-state index is 12.5. The molecule has 130 valence electrons. The van der Waals surface area contributed by atoms with Crippen molar-refractivity contribution in [2.24, 2.45) is 10.3 Å². The molecule has 0 radical (unpaired) electrons. The van der Waals surface area contributed by atoms with E-state index >= 15 is 0 Å². The van der Waals surface area contributed by atoms with Gasteiger partial charge >= 0.3 is 0 Å². The first-order valence-electron chi connectivity index (χ1n) is 8.42. The maximum absolute atomic E-state index is 12.5. The number of amidine groups is 1. The molecule has 0 saturated carbocycles. The third-order valence-electron chi connectivity index (χ3n) is 4.28. The SMILES string of the molecule is CC(C)CNC(=O)c1ccc2c(c1)S(=O)(=O)N=C1CCCCCN12. The van der Waals surface area contributed by atoms with Crippen molar-refractivity contribution in [3.8, 4) is 0 Å². The Kier molecular flexibility index (Phi) is 4.62. The Labute approximate surface area is 143 Å². The Morgan fingerprint density at radius 3 is 2.83 bits per heavy atom. The average molecular weight is 349 g/mol. The molecule has 2 aliphatic heterocycles. The highest BCUT2D eigenvalue weighted by Gasteiger charge is 2.32. The smallest absolute Gasteiger partial charge is 0.286 e. The van der Waals surface area contributed by atoms with Crippen LogP contribution >= 0.6 is 0 Å². The lowest BCUT2D eigenvalue weighted by Crippen LogP contribution is -2.35. The van der Waals surface area contributed by atoms with Crippen LogP contribution in [-0.2, 0) is 10.0 Å². The number of anilines is 1. The largest absolute Gasteiger partial charge is 0.352 e. The molecule has 1 amide bonds. The van der Waals surface area contributed by atoms with Crippen molar-refractivity contribution in [1.29, 1.82) is 0 Å². The summed E-state index contributed by atoms with van der Waals surface area (Å²) >= 11 is 0. The van der Waals surface area contributed by atoms with E-state index in [2.05, 4.69) is 9.71 Å². The van der Waals surface area contributed by atoms with Gasteiger partial charge in [0.2, 0.25) is 0 Å². The highest BCUT2D eigenvalue weighted by atomic mass is 32.2. The fourth-order valence-corrected chi connectivity index (χ4v) is 4.30. The third-order valence-corrected chi connectivity index (χ3v) is 5.61. The van der Waals surface area contributed by atoms with Gasteiger partial charge in [0.1, 0.15) is 10.7 Å². The molecule has 2 heterocycles. The molecule has 0 atom stereocenters. The molecule has 0 aromatic heterocycles. The number of rotatable bonds is 3. The van der Waals surface area contributed by atoms with E-state index in [1.54, 1.807) is 12.1 Å². The monoisotopic (exact) mass is 349 g/mol. The predicted octanol–water partition coefficient (Wildman–Crippen LogP) is 2.55. The molecule has 1 aromatic carbocycles. The molecule has 0 unspecified atom stereocenters. The van der Waals surface area contributed by atoms with Crippen molar-refractivity contribution in [2.45, 2.75) is 44.4 Å². The number of amides is 1. The molecule has 3 rings (SSSR count). The zero-order valence-corrected chi connectivity index (χ0v) is 14.9.